The molecule has 1 amide bonds. The second-order valence-electron chi connectivity index (χ2n) is 5.94. The van der Waals surface area contributed by atoms with Crippen LogP contribution in [0.3, 0.4) is 0 Å². The van der Waals surface area contributed by atoms with Crippen molar-refractivity contribution in [2.24, 2.45) is 0 Å². The van der Waals surface area contributed by atoms with Gasteiger partial charge in [-0.1, -0.05) is 15.9 Å². The Morgan fingerprint density at radius 1 is 1.40 bits per heavy atom. The molecule has 0 N–H and O–H groups in total. The monoisotopic (exact) mass is 338 g/mol. The summed E-state index contributed by atoms with van der Waals surface area (Å²) in [5, 5.41) is 0. The van der Waals surface area contributed by atoms with E-state index in [0.717, 1.165) is 35.0 Å². The molecule has 110 valence electrons. The van der Waals surface area contributed by atoms with E-state index in [1.54, 1.807) is 0 Å². The van der Waals surface area contributed by atoms with Gasteiger partial charge in [-0.15, -0.1) is 0 Å². The Morgan fingerprint density at radius 3 is 2.70 bits per heavy atom. The van der Waals surface area contributed by atoms with Crippen LogP contribution in [0.1, 0.15) is 35.7 Å². The first kappa shape index (κ1) is 15.5. The maximum atomic E-state index is 12.6. The van der Waals surface area contributed by atoms with E-state index in [1.807, 2.05) is 37.1 Å². The van der Waals surface area contributed by atoms with Crippen molar-refractivity contribution < 1.29 is 4.79 Å². The number of rotatable bonds is 2. The second-order valence-corrected chi connectivity index (χ2v) is 6.86. The molecular weight excluding hydrogens is 316 g/mol. The summed E-state index contributed by atoms with van der Waals surface area (Å²) in [5.74, 6) is 0.121. The Balaban J connectivity index is 2.12. The second kappa shape index (κ2) is 6.27. The number of piperidine rings is 1. The molecule has 1 saturated heterocycles. The molecule has 0 spiro atoms. The lowest BCUT2D eigenvalue weighted by atomic mass is 9.97. The maximum absolute atomic E-state index is 12.6. The van der Waals surface area contributed by atoms with Gasteiger partial charge in [0.05, 0.1) is 0 Å². The zero-order chi connectivity index (χ0) is 14.9. The van der Waals surface area contributed by atoms with E-state index < -0.39 is 0 Å². The normalized spacial score (nSPS) is 23.6. The molecule has 0 saturated carbocycles. The average Bonchev–Trinajstić information content (AvgIpc) is 2.39. The number of hydrogen-bond acceptors (Lipinski definition) is 2. The third kappa shape index (κ3) is 3.41. The summed E-state index contributed by atoms with van der Waals surface area (Å²) in [5.41, 5.74) is 1.87. The van der Waals surface area contributed by atoms with Gasteiger partial charge in [-0.25, -0.2) is 0 Å². The quantitative estimate of drug-likeness (QED) is 0.825. The fraction of sp³-hybridized carbons (Fsp3) is 0.562. The highest BCUT2D eigenvalue weighted by Gasteiger charge is 2.28. The highest BCUT2D eigenvalue weighted by atomic mass is 79.9. The van der Waals surface area contributed by atoms with Crippen molar-refractivity contribution in [1.29, 1.82) is 0 Å². The van der Waals surface area contributed by atoms with Crippen molar-refractivity contribution in [3.63, 3.8) is 0 Å². The molecule has 1 fully saturated rings. The summed E-state index contributed by atoms with van der Waals surface area (Å²) >= 11 is 3.47. The number of likely N-dealkylation sites (tertiary alicyclic amines) is 1. The van der Waals surface area contributed by atoms with Crippen molar-refractivity contribution in [3.8, 4) is 0 Å². The van der Waals surface area contributed by atoms with Gasteiger partial charge in [0.15, 0.2) is 0 Å². The summed E-state index contributed by atoms with van der Waals surface area (Å²) in [4.78, 5) is 16.9. The lowest BCUT2D eigenvalue weighted by molar-refractivity contribution is 0.0598. The number of aryl methyl sites for hydroxylation is 1. The first-order valence-electron chi connectivity index (χ1n) is 7.13. The van der Waals surface area contributed by atoms with E-state index in [1.165, 1.54) is 0 Å². The molecule has 1 aliphatic rings. The van der Waals surface area contributed by atoms with Gasteiger partial charge < -0.3 is 9.80 Å². The molecule has 1 heterocycles. The van der Waals surface area contributed by atoms with Gasteiger partial charge in [-0.05, 0) is 57.5 Å². The molecule has 0 unspecified atom stereocenters. The largest absolute Gasteiger partial charge is 0.339 e. The minimum Gasteiger partial charge on any atom is -0.339 e. The lowest BCUT2D eigenvalue weighted by Gasteiger charge is -2.39. The molecule has 2 rings (SSSR count). The fourth-order valence-corrected chi connectivity index (χ4v) is 3.45. The van der Waals surface area contributed by atoms with E-state index in [2.05, 4.69) is 34.8 Å². The molecule has 0 radical (unpaired) electrons. The van der Waals surface area contributed by atoms with Crippen LogP contribution in [0, 0.1) is 6.92 Å². The highest BCUT2D eigenvalue weighted by molar-refractivity contribution is 9.10. The molecule has 4 heteroatoms. The average molecular weight is 339 g/mol. The van der Waals surface area contributed by atoms with Crippen LogP contribution >= 0.6 is 15.9 Å². The Hall–Kier alpha value is -0.870. The number of benzene rings is 1. The molecule has 3 nitrogen and oxygen atoms in total. The van der Waals surface area contributed by atoms with Crippen molar-refractivity contribution in [1.82, 2.24) is 9.80 Å². The number of carbonyl (C=O) groups excluding carboxylic acids is 1. The molecule has 1 aromatic carbocycles. The van der Waals surface area contributed by atoms with Gasteiger partial charge in [-0.2, -0.15) is 0 Å². The van der Waals surface area contributed by atoms with Gasteiger partial charge in [0, 0.05) is 35.7 Å². The topological polar surface area (TPSA) is 23.6 Å². The van der Waals surface area contributed by atoms with Crippen molar-refractivity contribution in [3.05, 3.63) is 33.8 Å². The van der Waals surface area contributed by atoms with Gasteiger partial charge in [0.1, 0.15) is 0 Å². The molecule has 0 aromatic heterocycles. The van der Waals surface area contributed by atoms with Crippen LogP contribution in [0.2, 0.25) is 0 Å². The van der Waals surface area contributed by atoms with E-state index >= 15 is 0 Å². The summed E-state index contributed by atoms with van der Waals surface area (Å²) in [6.45, 7) is 5.30. The number of hydrogen-bond donors (Lipinski definition) is 0. The number of carbonyl (C=O) groups is 1. The van der Waals surface area contributed by atoms with Crippen LogP contribution in [0.4, 0.5) is 0 Å². The summed E-state index contributed by atoms with van der Waals surface area (Å²) in [6, 6.07) is 6.77. The highest BCUT2D eigenvalue weighted by Crippen LogP contribution is 2.22. The van der Waals surface area contributed by atoms with Gasteiger partial charge in [0.25, 0.3) is 5.91 Å². The predicted octanol–water partition coefficient (Wildman–Crippen LogP) is 3.31. The van der Waals surface area contributed by atoms with Gasteiger partial charge in [-0.3, -0.25) is 4.79 Å². The Morgan fingerprint density at radius 2 is 2.10 bits per heavy atom. The minimum absolute atomic E-state index is 0.121. The third-order valence-electron chi connectivity index (χ3n) is 4.34. The maximum Gasteiger partial charge on any atom is 0.253 e. The van der Waals surface area contributed by atoms with E-state index in [9.17, 15) is 4.79 Å². The summed E-state index contributed by atoms with van der Waals surface area (Å²) in [6.07, 6.45) is 2.10. The van der Waals surface area contributed by atoms with E-state index in [0.29, 0.717) is 12.1 Å². The lowest BCUT2D eigenvalue weighted by Crippen LogP contribution is -2.48. The van der Waals surface area contributed by atoms with Crippen LogP contribution in [0.15, 0.2) is 22.7 Å². The van der Waals surface area contributed by atoms with Crippen LogP contribution in [-0.4, -0.2) is 48.4 Å². The SMILES string of the molecule is Cc1cc(Br)cc(C(=O)N(C)[C@@H]2CCN(C)[C@@H](C)C2)c1. The predicted molar refractivity (Wildman–Crippen MR) is 86.1 cm³/mol. The fourth-order valence-electron chi connectivity index (χ4n) is 2.85. The Kier molecular flexibility index (Phi) is 4.86. The third-order valence-corrected chi connectivity index (χ3v) is 4.80. The molecular formula is C16H23BrN2O. The van der Waals surface area contributed by atoms with Crippen LogP contribution in [0.25, 0.3) is 0 Å². The van der Waals surface area contributed by atoms with Crippen molar-refractivity contribution >= 4 is 21.8 Å². The van der Waals surface area contributed by atoms with E-state index in [-0.39, 0.29) is 5.91 Å². The van der Waals surface area contributed by atoms with Gasteiger partial charge in [0.2, 0.25) is 0 Å². The molecule has 0 bridgehead atoms. The van der Waals surface area contributed by atoms with Crippen molar-refractivity contribution in [2.75, 3.05) is 20.6 Å². The van der Waals surface area contributed by atoms with Crippen LogP contribution < -0.4 is 0 Å². The Labute approximate surface area is 130 Å². The standard InChI is InChI=1S/C16H23BrN2O/c1-11-7-13(10-14(17)8-11)16(20)19(4)15-5-6-18(3)12(2)9-15/h7-8,10,12,15H,5-6,9H2,1-4H3/t12-,15+/m0/s1. The van der Waals surface area contributed by atoms with Gasteiger partial charge >= 0.3 is 0 Å². The molecule has 20 heavy (non-hydrogen) atoms. The molecule has 1 aromatic rings. The summed E-state index contributed by atoms with van der Waals surface area (Å²) in [7, 11) is 4.08. The molecule has 0 aliphatic carbocycles. The minimum atomic E-state index is 0.121. The molecule has 1 aliphatic heterocycles. The van der Waals surface area contributed by atoms with Crippen molar-refractivity contribution in [2.45, 2.75) is 38.8 Å². The van der Waals surface area contributed by atoms with Crippen LogP contribution in [-0.2, 0) is 0 Å². The molecule has 2 atom stereocenters. The number of amides is 1. The smallest absolute Gasteiger partial charge is 0.253 e. The van der Waals surface area contributed by atoms with Crippen LogP contribution in [0.5, 0.6) is 0 Å². The zero-order valence-electron chi connectivity index (χ0n) is 12.7. The zero-order valence-corrected chi connectivity index (χ0v) is 14.3. The Bertz CT molecular complexity index is 483. The number of nitrogens with zero attached hydrogens (tertiary/aromatic N) is 2. The summed E-state index contributed by atoms with van der Waals surface area (Å²) < 4.78 is 0.964. The van der Waals surface area contributed by atoms with E-state index in [4.69, 9.17) is 0 Å². The first-order valence-corrected chi connectivity index (χ1v) is 7.92. The first-order chi connectivity index (χ1) is 9.38. The number of halogens is 1.